The normalized spacial score (nSPS) is 21.6. The lowest BCUT2D eigenvalue weighted by molar-refractivity contribution is 0.157. The molecular weight excluding hydrogens is 416 g/mol. The number of hydrogen-bond donors (Lipinski definition) is 2. The fourth-order valence-corrected chi connectivity index (χ4v) is 5.51. The van der Waals surface area contributed by atoms with Gasteiger partial charge in [-0.1, -0.05) is 6.92 Å². The van der Waals surface area contributed by atoms with Crippen LogP contribution in [0.5, 0.6) is 5.88 Å². The molecule has 2 aliphatic carbocycles. The highest BCUT2D eigenvalue weighted by atomic mass is 32.2. The van der Waals surface area contributed by atoms with Gasteiger partial charge in [-0.2, -0.15) is 5.10 Å². The molecule has 2 aromatic rings. The lowest BCUT2D eigenvalue weighted by Gasteiger charge is -2.23. The first-order valence-electron chi connectivity index (χ1n) is 10.9. The van der Waals surface area contributed by atoms with Crippen molar-refractivity contribution >= 4 is 21.6 Å². The first kappa shape index (κ1) is 20.4. The summed E-state index contributed by atoms with van der Waals surface area (Å²) in [5.41, 5.74) is 4.92. The number of nitrogens with one attached hydrogen (secondary N) is 1. The van der Waals surface area contributed by atoms with Gasteiger partial charge < -0.3 is 10.1 Å². The molecule has 1 aliphatic heterocycles. The maximum Gasteiger partial charge on any atom is 0.354 e. The van der Waals surface area contributed by atoms with Crippen LogP contribution in [-0.4, -0.2) is 31.6 Å². The number of aryl methyl sites for hydroxylation is 1. The predicted octanol–water partition coefficient (Wildman–Crippen LogP) is 3.30. The minimum atomic E-state index is -3.50. The average Bonchev–Trinajstić information content (AvgIpc) is 3.30. The molecule has 3 heterocycles. The van der Waals surface area contributed by atoms with Crippen molar-refractivity contribution in [1.29, 1.82) is 0 Å². The van der Waals surface area contributed by atoms with Crippen molar-refractivity contribution in [3.63, 3.8) is 0 Å². The number of anilines is 1. The lowest BCUT2D eigenvalue weighted by atomic mass is 10.0. The quantitative estimate of drug-likeness (QED) is 0.748. The average molecular weight is 445 g/mol. The number of aromatic nitrogens is 3. The van der Waals surface area contributed by atoms with Crippen LogP contribution in [0.15, 0.2) is 15.5 Å². The van der Waals surface area contributed by atoms with E-state index >= 15 is 0 Å². The summed E-state index contributed by atoms with van der Waals surface area (Å²) in [4.78, 5) is 17.8. The number of nitrogens with zero attached hydrogens (tertiary/aromatic N) is 4. The molecule has 0 spiro atoms. The first-order valence-corrected chi connectivity index (χ1v) is 12.5. The van der Waals surface area contributed by atoms with Crippen molar-refractivity contribution in [1.82, 2.24) is 14.8 Å². The minimum absolute atomic E-state index is 0.160. The lowest BCUT2D eigenvalue weighted by Crippen LogP contribution is -2.26. The molecule has 2 unspecified atom stereocenters. The van der Waals surface area contributed by atoms with Gasteiger partial charge in [0.2, 0.25) is 5.88 Å². The van der Waals surface area contributed by atoms with Gasteiger partial charge >= 0.3 is 6.03 Å². The highest BCUT2D eigenvalue weighted by Crippen LogP contribution is 2.44. The third-order valence-electron chi connectivity index (χ3n) is 6.46. The highest BCUT2D eigenvalue weighted by Gasteiger charge is 2.32. The molecule has 0 bridgehead atoms. The molecule has 2 atom stereocenters. The molecule has 0 radical (unpaired) electrons. The molecule has 9 nitrogen and oxygen atoms in total. The third-order valence-corrected chi connectivity index (χ3v) is 7.81. The Hall–Kier alpha value is -2.46. The molecule has 3 N–H and O–H groups in total. The minimum Gasteiger partial charge on any atom is -0.477 e. The summed E-state index contributed by atoms with van der Waals surface area (Å²) >= 11 is 0. The number of carbonyl (C=O) groups excluding carboxylic acids is 1. The number of hydrogen-bond acceptors (Lipinski definition) is 5. The van der Waals surface area contributed by atoms with Crippen LogP contribution in [0.3, 0.4) is 0 Å². The van der Waals surface area contributed by atoms with Crippen molar-refractivity contribution in [2.24, 2.45) is 15.4 Å². The van der Waals surface area contributed by atoms with Gasteiger partial charge in [-0.05, 0) is 56.6 Å². The molecule has 166 valence electrons. The van der Waals surface area contributed by atoms with Gasteiger partial charge in [0.25, 0.3) is 0 Å². The number of pyridine rings is 1. The number of nitrogens with two attached hydrogens (primary N) is 1. The summed E-state index contributed by atoms with van der Waals surface area (Å²) < 4.78 is 24.4. The van der Waals surface area contributed by atoms with Gasteiger partial charge in [0.1, 0.15) is 4.90 Å². The molecule has 1 fully saturated rings. The van der Waals surface area contributed by atoms with E-state index in [4.69, 9.17) is 14.9 Å². The summed E-state index contributed by atoms with van der Waals surface area (Å²) in [6.07, 6.45) is 7.42. The number of urea groups is 1. The van der Waals surface area contributed by atoms with E-state index in [0.29, 0.717) is 30.9 Å². The Morgan fingerprint density at radius 1 is 1.42 bits per heavy atom. The van der Waals surface area contributed by atoms with E-state index in [1.807, 2.05) is 6.92 Å². The molecule has 0 aromatic carbocycles. The Kier molecular flexibility index (Phi) is 5.01. The van der Waals surface area contributed by atoms with E-state index < -0.39 is 15.9 Å². The predicted molar refractivity (Wildman–Crippen MR) is 117 cm³/mol. The molecule has 1 saturated carbocycles. The van der Waals surface area contributed by atoms with Crippen molar-refractivity contribution in [3.8, 4) is 5.88 Å². The van der Waals surface area contributed by atoms with E-state index in [0.717, 1.165) is 66.7 Å². The zero-order valence-electron chi connectivity index (χ0n) is 17.9. The van der Waals surface area contributed by atoms with Crippen LogP contribution >= 0.6 is 0 Å². The Morgan fingerprint density at radius 2 is 2.23 bits per heavy atom. The molecule has 10 heteroatoms. The second-order valence-electron chi connectivity index (χ2n) is 8.72. The van der Waals surface area contributed by atoms with Crippen LogP contribution in [0.25, 0.3) is 0 Å². The molecule has 0 saturated heterocycles. The Labute approximate surface area is 182 Å². The van der Waals surface area contributed by atoms with Crippen LogP contribution in [0.1, 0.15) is 61.0 Å². The second-order valence-corrected chi connectivity index (χ2v) is 10.5. The van der Waals surface area contributed by atoms with Crippen LogP contribution in [-0.2, 0) is 29.3 Å². The summed E-state index contributed by atoms with van der Waals surface area (Å²) in [6.45, 7) is 5.24. The summed E-state index contributed by atoms with van der Waals surface area (Å²) in [5, 5.41) is 13.1. The van der Waals surface area contributed by atoms with Gasteiger partial charge in [-0.25, -0.2) is 18.8 Å². The van der Waals surface area contributed by atoms with Crippen molar-refractivity contribution in [2.45, 2.75) is 69.7 Å². The number of rotatable bonds is 4. The van der Waals surface area contributed by atoms with Crippen molar-refractivity contribution < 1.29 is 13.7 Å². The second kappa shape index (κ2) is 7.59. The van der Waals surface area contributed by atoms with E-state index in [1.54, 1.807) is 4.68 Å². The molecule has 5 rings (SSSR count). The smallest absolute Gasteiger partial charge is 0.354 e. The highest BCUT2D eigenvalue weighted by molar-refractivity contribution is 7.91. The summed E-state index contributed by atoms with van der Waals surface area (Å²) in [6, 6.07) is -0.722. The summed E-state index contributed by atoms with van der Waals surface area (Å²) in [7, 11) is -3.50. The largest absolute Gasteiger partial charge is 0.477 e. The third kappa shape index (κ3) is 3.71. The molecule has 2 amide bonds. The van der Waals surface area contributed by atoms with Crippen LogP contribution in [0, 0.1) is 12.8 Å². The number of amides is 2. The zero-order valence-corrected chi connectivity index (χ0v) is 18.7. The van der Waals surface area contributed by atoms with Gasteiger partial charge in [0.05, 0.1) is 25.0 Å². The maximum absolute atomic E-state index is 13.2. The van der Waals surface area contributed by atoms with E-state index in [1.165, 1.54) is 6.20 Å². The van der Waals surface area contributed by atoms with Gasteiger partial charge in [-0.15, -0.1) is 4.36 Å². The first-order chi connectivity index (χ1) is 14.9. The van der Waals surface area contributed by atoms with Crippen molar-refractivity contribution in [3.05, 3.63) is 28.7 Å². The Morgan fingerprint density at radius 3 is 2.97 bits per heavy atom. The topological polar surface area (TPSA) is 124 Å². The van der Waals surface area contributed by atoms with Gasteiger partial charge in [0.15, 0.2) is 9.92 Å². The van der Waals surface area contributed by atoms with Crippen molar-refractivity contribution in [2.75, 3.05) is 11.9 Å². The summed E-state index contributed by atoms with van der Waals surface area (Å²) in [5.74, 6) is 1.15. The molecule has 3 aliphatic rings. The van der Waals surface area contributed by atoms with Crippen LogP contribution in [0.4, 0.5) is 10.5 Å². The van der Waals surface area contributed by atoms with Crippen LogP contribution < -0.4 is 15.2 Å². The fourth-order valence-electron chi connectivity index (χ4n) is 4.50. The van der Waals surface area contributed by atoms with Crippen LogP contribution in [0.2, 0.25) is 0 Å². The van der Waals surface area contributed by atoms with Gasteiger partial charge in [0, 0.05) is 23.2 Å². The standard InChI is InChI=1S/C21H28N6O3S/c1-3-13-10-27-20(30-11-13)17(9-23-27)31(22,29)26-21(28)25-19-12(2)18(14-7-8-14)24-16-6-4-5-15(16)19/h9,13-14H,3-8,10-11H2,1-2H3,(H3,22,24,25,26,28,29). The Bertz CT molecular complexity index is 1180. The number of carbonyl (C=O) groups is 1. The van der Waals surface area contributed by atoms with E-state index in [2.05, 4.69) is 21.7 Å². The fraction of sp³-hybridized carbons (Fsp3) is 0.571. The van der Waals surface area contributed by atoms with E-state index in [-0.39, 0.29) is 4.90 Å². The molecule has 2 aromatic heterocycles. The SMILES string of the molecule is CCC1COc2c(S(N)(=O)=NC(=O)Nc3c(C)c(C4CC4)nc4c3CCC4)cnn2C1. The number of fused-ring (bicyclic) bond motifs is 2. The molecule has 31 heavy (non-hydrogen) atoms. The zero-order chi connectivity index (χ0) is 21.8. The maximum atomic E-state index is 13.2. The van der Waals surface area contributed by atoms with Gasteiger partial charge in [-0.3, -0.25) is 4.98 Å². The van der Waals surface area contributed by atoms with E-state index in [9.17, 15) is 9.00 Å². The number of ether oxygens (including phenoxy) is 1. The Balaban J connectivity index is 1.45. The monoisotopic (exact) mass is 444 g/mol. The molecular formula is C21H28N6O3S.